The molecule has 0 spiro atoms. The SMILES string of the molecule is CC1=C/C(=N/OCC(F)F)CC1. The molecule has 4 heteroatoms. The van der Waals surface area contributed by atoms with E-state index in [9.17, 15) is 8.78 Å². The first-order chi connectivity index (χ1) is 5.68. The van der Waals surface area contributed by atoms with Gasteiger partial charge in [-0.15, -0.1) is 0 Å². The quantitative estimate of drug-likeness (QED) is 0.603. The molecule has 1 rings (SSSR count). The van der Waals surface area contributed by atoms with Gasteiger partial charge in [-0.3, -0.25) is 0 Å². The fraction of sp³-hybridized carbons (Fsp3) is 0.625. The topological polar surface area (TPSA) is 21.6 Å². The zero-order chi connectivity index (χ0) is 8.97. The molecule has 1 aliphatic rings. The normalized spacial score (nSPS) is 20.3. The van der Waals surface area contributed by atoms with E-state index in [0.29, 0.717) is 0 Å². The minimum Gasteiger partial charge on any atom is -0.389 e. The fourth-order valence-corrected chi connectivity index (χ4v) is 1.00. The molecule has 0 saturated carbocycles. The highest BCUT2D eigenvalue weighted by atomic mass is 19.3. The van der Waals surface area contributed by atoms with Gasteiger partial charge in [-0.05, 0) is 25.8 Å². The summed E-state index contributed by atoms with van der Waals surface area (Å²) in [7, 11) is 0. The maximum absolute atomic E-state index is 11.6. The third-order valence-corrected chi connectivity index (χ3v) is 1.57. The highest BCUT2D eigenvalue weighted by Gasteiger charge is 2.07. The molecule has 0 aromatic rings. The van der Waals surface area contributed by atoms with Crippen LogP contribution in [0.3, 0.4) is 0 Å². The van der Waals surface area contributed by atoms with Crippen LogP contribution in [-0.4, -0.2) is 18.7 Å². The second-order valence-electron chi connectivity index (χ2n) is 2.76. The maximum Gasteiger partial charge on any atom is 0.274 e. The number of allylic oxidation sites excluding steroid dienone is 2. The molecule has 68 valence electrons. The molecule has 2 nitrogen and oxygen atoms in total. The van der Waals surface area contributed by atoms with E-state index < -0.39 is 13.0 Å². The molecule has 0 radical (unpaired) electrons. The van der Waals surface area contributed by atoms with Crippen molar-refractivity contribution in [1.29, 1.82) is 0 Å². The molecule has 0 atom stereocenters. The van der Waals surface area contributed by atoms with E-state index in [-0.39, 0.29) is 0 Å². The summed E-state index contributed by atoms with van der Waals surface area (Å²) in [5, 5.41) is 3.57. The third-order valence-electron chi connectivity index (χ3n) is 1.57. The number of oxime groups is 1. The zero-order valence-electron chi connectivity index (χ0n) is 6.89. The Balaban J connectivity index is 2.29. The summed E-state index contributed by atoms with van der Waals surface area (Å²) < 4.78 is 23.2. The van der Waals surface area contributed by atoms with Crippen molar-refractivity contribution >= 4 is 5.71 Å². The van der Waals surface area contributed by atoms with Gasteiger partial charge in [0.25, 0.3) is 6.43 Å². The minimum atomic E-state index is -2.44. The van der Waals surface area contributed by atoms with Gasteiger partial charge in [0.05, 0.1) is 5.71 Å². The highest BCUT2D eigenvalue weighted by molar-refractivity contribution is 5.97. The monoisotopic (exact) mass is 175 g/mol. The Morgan fingerprint density at radius 3 is 2.83 bits per heavy atom. The average molecular weight is 175 g/mol. The van der Waals surface area contributed by atoms with Gasteiger partial charge < -0.3 is 4.84 Å². The van der Waals surface area contributed by atoms with Gasteiger partial charge >= 0.3 is 0 Å². The van der Waals surface area contributed by atoms with Crippen molar-refractivity contribution in [3.8, 4) is 0 Å². The molecule has 0 aromatic carbocycles. The van der Waals surface area contributed by atoms with Crippen LogP contribution >= 0.6 is 0 Å². The number of rotatable bonds is 3. The molecule has 0 heterocycles. The van der Waals surface area contributed by atoms with Crippen LogP contribution in [0.5, 0.6) is 0 Å². The molecule has 12 heavy (non-hydrogen) atoms. The lowest BCUT2D eigenvalue weighted by molar-refractivity contribution is 0.0202. The molecular formula is C8H11F2NO. The van der Waals surface area contributed by atoms with Crippen molar-refractivity contribution in [1.82, 2.24) is 0 Å². The molecule has 1 aliphatic carbocycles. The largest absolute Gasteiger partial charge is 0.389 e. The molecule has 0 N–H and O–H groups in total. The van der Waals surface area contributed by atoms with Gasteiger partial charge in [-0.2, -0.15) is 0 Å². The van der Waals surface area contributed by atoms with Gasteiger partial charge in [0.15, 0.2) is 6.61 Å². The van der Waals surface area contributed by atoms with Crippen LogP contribution in [-0.2, 0) is 4.84 Å². The first kappa shape index (κ1) is 9.16. The van der Waals surface area contributed by atoms with Crippen molar-refractivity contribution in [3.63, 3.8) is 0 Å². The Bertz CT molecular complexity index is 211. The first-order valence-electron chi connectivity index (χ1n) is 3.82. The second-order valence-corrected chi connectivity index (χ2v) is 2.76. The Morgan fingerprint density at radius 2 is 2.33 bits per heavy atom. The lowest BCUT2D eigenvalue weighted by Gasteiger charge is -1.97. The Labute approximate surface area is 69.9 Å². The molecule has 0 aromatic heterocycles. The van der Waals surface area contributed by atoms with Crippen molar-refractivity contribution in [2.45, 2.75) is 26.2 Å². The van der Waals surface area contributed by atoms with E-state index >= 15 is 0 Å². The predicted octanol–water partition coefficient (Wildman–Crippen LogP) is 2.36. The maximum atomic E-state index is 11.6. The van der Waals surface area contributed by atoms with E-state index in [2.05, 4.69) is 9.99 Å². The molecule has 0 aliphatic heterocycles. The van der Waals surface area contributed by atoms with Crippen LogP contribution in [0, 0.1) is 0 Å². The zero-order valence-corrected chi connectivity index (χ0v) is 6.89. The average Bonchev–Trinajstić information content (AvgIpc) is 2.35. The van der Waals surface area contributed by atoms with Crippen molar-refractivity contribution in [2.24, 2.45) is 5.16 Å². The fourth-order valence-electron chi connectivity index (χ4n) is 1.00. The summed E-state index contributed by atoms with van der Waals surface area (Å²) in [5.41, 5.74) is 1.97. The van der Waals surface area contributed by atoms with Crippen LogP contribution in [0.4, 0.5) is 8.78 Å². The van der Waals surface area contributed by atoms with Crippen LogP contribution < -0.4 is 0 Å². The minimum absolute atomic E-state index is 0.615. The first-order valence-corrected chi connectivity index (χ1v) is 3.82. The van der Waals surface area contributed by atoms with E-state index in [0.717, 1.165) is 18.6 Å². The van der Waals surface area contributed by atoms with Gasteiger partial charge in [0.2, 0.25) is 0 Å². The summed E-state index contributed by atoms with van der Waals surface area (Å²) in [6.07, 6.45) is 1.18. The summed E-state index contributed by atoms with van der Waals surface area (Å²) in [6.45, 7) is 1.37. The lowest BCUT2D eigenvalue weighted by Crippen LogP contribution is -2.01. The van der Waals surface area contributed by atoms with Crippen molar-refractivity contribution < 1.29 is 13.6 Å². The van der Waals surface area contributed by atoms with E-state index in [1.54, 1.807) is 0 Å². The number of alkyl halides is 2. The predicted molar refractivity (Wildman–Crippen MR) is 42.4 cm³/mol. The van der Waals surface area contributed by atoms with E-state index in [1.165, 1.54) is 5.57 Å². The molecule has 0 fully saturated rings. The second kappa shape index (κ2) is 4.18. The van der Waals surface area contributed by atoms with Gasteiger partial charge in [-0.25, -0.2) is 8.78 Å². The number of nitrogens with zero attached hydrogens (tertiary/aromatic N) is 1. The van der Waals surface area contributed by atoms with Gasteiger partial charge in [0, 0.05) is 0 Å². The molecule has 0 bridgehead atoms. The highest BCUT2D eigenvalue weighted by Crippen LogP contribution is 2.14. The van der Waals surface area contributed by atoms with E-state index in [1.807, 2.05) is 13.0 Å². The molecule has 0 unspecified atom stereocenters. The lowest BCUT2D eigenvalue weighted by atomic mass is 10.3. The van der Waals surface area contributed by atoms with Gasteiger partial charge in [-0.1, -0.05) is 10.7 Å². The summed E-state index contributed by atoms with van der Waals surface area (Å²) in [5.74, 6) is 0. The number of halogens is 2. The summed E-state index contributed by atoms with van der Waals surface area (Å²) in [4.78, 5) is 4.42. The molecule has 0 amide bonds. The summed E-state index contributed by atoms with van der Waals surface area (Å²) in [6, 6.07) is 0. The van der Waals surface area contributed by atoms with Crippen LogP contribution in [0.15, 0.2) is 16.8 Å². The smallest absolute Gasteiger partial charge is 0.274 e. The number of hydrogen-bond acceptors (Lipinski definition) is 2. The Kier molecular flexibility index (Phi) is 3.19. The third kappa shape index (κ3) is 2.98. The van der Waals surface area contributed by atoms with Crippen LogP contribution in [0.1, 0.15) is 19.8 Å². The Hall–Kier alpha value is -0.930. The van der Waals surface area contributed by atoms with Crippen LogP contribution in [0.2, 0.25) is 0 Å². The summed E-state index contributed by atoms with van der Waals surface area (Å²) >= 11 is 0. The number of hydrogen-bond donors (Lipinski definition) is 0. The standard InChI is InChI=1S/C8H11F2NO/c1-6-2-3-7(4-6)11-12-5-8(9)10/h4,8H,2-3,5H2,1H3/b11-7+. The van der Waals surface area contributed by atoms with E-state index in [4.69, 9.17) is 0 Å². The molecule has 0 saturated heterocycles. The van der Waals surface area contributed by atoms with Crippen LogP contribution in [0.25, 0.3) is 0 Å². The molecular weight excluding hydrogens is 164 g/mol. The van der Waals surface area contributed by atoms with Crippen molar-refractivity contribution in [3.05, 3.63) is 11.6 Å². The van der Waals surface area contributed by atoms with Gasteiger partial charge in [0.1, 0.15) is 0 Å². The Morgan fingerprint density at radius 1 is 1.58 bits per heavy atom. The van der Waals surface area contributed by atoms with Crippen molar-refractivity contribution in [2.75, 3.05) is 6.61 Å².